The van der Waals surface area contributed by atoms with Crippen molar-refractivity contribution in [3.8, 4) is 5.75 Å². The van der Waals surface area contributed by atoms with Gasteiger partial charge in [-0.25, -0.2) is 5.43 Å². The van der Waals surface area contributed by atoms with Crippen LogP contribution in [0.5, 0.6) is 5.75 Å². The second-order valence-electron chi connectivity index (χ2n) is 7.71. The summed E-state index contributed by atoms with van der Waals surface area (Å²) in [6.45, 7) is 0.431. The van der Waals surface area contributed by atoms with Crippen LogP contribution in [-0.2, 0) is 6.54 Å². The van der Waals surface area contributed by atoms with E-state index in [1.807, 2.05) is 72.8 Å². The minimum absolute atomic E-state index is 0.00528. The number of ether oxygens (including phenoxy) is 1. The van der Waals surface area contributed by atoms with Crippen molar-refractivity contribution >= 4 is 34.5 Å². The van der Waals surface area contributed by atoms with Gasteiger partial charge in [-0.05, 0) is 47.3 Å². The van der Waals surface area contributed by atoms with Gasteiger partial charge in [0.25, 0.3) is 11.8 Å². The molecule has 0 atom stereocenters. The van der Waals surface area contributed by atoms with Gasteiger partial charge in [-0.15, -0.1) is 0 Å². The Balaban J connectivity index is 1.28. The van der Waals surface area contributed by atoms with Crippen molar-refractivity contribution in [1.29, 1.82) is 0 Å². The van der Waals surface area contributed by atoms with E-state index in [-0.39, 0.29) is 11.8 Å². The van der Waals surface area contributed by atoms with E-state index >= 15 is 0 Å². The van der Waals surface area contributed by atoms with E-state index in [0.29, 0.717) is 17.9 Å². The third kappa shape index (κ3) is 3.83. The maximum absolute atomic E-state index is 13.0. The largest absolute Gasteiger partial charge is 0.496 e. The lowest BCUT2D eigenvalue weighted by Gasteiger charge is -2.18. The fourth-order valence-corrected chi connectivity index (χ4v) is 4.08. The molecule has 6 heteroatoms. The van der Waals surface area contributed by atoms with Crippen LogP contribution in [0, 0.1) is 0 Å². The first-order valence-electron chi connectivity index (χ1n) is 10.5. The average molecular weight is 435 g/mol. The van der Waals surface area contributed by atoms with Crippen LogP contribution in [0.15, 0.2) is 90.0 Å². The molecule has 4 aromatic carbocycles. The van der Waals surface area contributed by atoms with Crippen molar-refractivity contribution in [3.05, 3.63) is 107 Å². The van der Waals surface area contributed by atoms with Gasteiger partial charge in [0.05, 0.1) is 25.6 Å². The molecule has 33 heavy (non-hydrogen) atoms. The molecule has 6 nitrogen and oxygen atoms in total. The highest BCUT2D eigenvalue weighted by molar-refractivity contribution is 6.24. The van der Waals surface area contributed by atoms with Gasteiger partial charge >= 0.3 is 0 Å². The molecule has 0 saturated heterocycles. The summed E-state index contributed by atoms with van der Waals surface area (Å²) in [5, 5.41) is 6.08. The highest BCUT2D eigenvalue weighted by atomic mass is 16.5. The first-order valence-corrected chi connectivity index (χ1v) is 10.5. The number of methoxy groups -OCH3 is 1. The Bertz CT molecular complexity index is 1390. The van der Waals surface area contributed by atoms with Gasteiger partial charge in [-0.3, -0.25) is 9.59 Å². The van der Waals surface area contributed by atoms with Gasteiger partial charge < -0.3 is 9.64 Å². The molecule has 0 saturated carbocycles. The Labute approximate surface area is 191 Å². The molecule has 2 amide bonds. The summed E-state index contributed by atoms with van der Waals surface area (Å²) in [7, 11) is 1.58. The van der Waals surface area contributed by atoms with E-state index in [9.17, 15) is 9.59 Å². The second kappa shape index (κ2) is 8.59. The zero-order valence-electron chi connectivity index (χ0n) is 18.0. The standard InChI is InChI=1S/C27H21N3O3/c1-33-24-11-3-2-6-21(24)16-28-29-26(31)20-14-12-18(13-15-20)17-30-23-10-5-8-19-7-4-9-22(25(19)23)27(30)32/h2-16H,17H2,1H3,(H,29,31). The summed E-state index contributed by atoms with van der Waals surface area (Å²) in [5.74, 6) is 0.352. The van der Waals surface area contributed by atoms with Crippen molar-refractivity contribution in [2.45, 2.75) is 6.54 Å². The van der Waals surface area contributed by atoms with Crippen molar-refractivity contribution in [3.63, 3.8) is 0 Å². The zero-order chi connectivity index (χ0) is 22.8. The Morgan fingerprint density at radius 2 is 1.73 bits per heavy atom. The molecule has 5 rings (SSSR count). The summed E-state index contributed by atoms with van der Waals surface area (Å²) < 4.78 is 5.27. The number of carbonyl (C=O) groups is 2. The minimum atomic E-state index is -0.317. The molecule has 0 aromatic heterocycles. The molecule has 0 bridgehead atoms. The Morgan fingerprint density at radius 3 is 2.52 bits per heavy atom. The highest BCUT2D eigenvalue weighted by Gasteiger charge is 2.29. The van der Waals surface area contributed by atoms with Crippen molar-refractivity contribution in [1.82, 2.24) is 5.43 Å². The van der Waals surface area contributed by atoms with Crippen molar-refractivity contribution in [2.24, 2.45) is 5.10 Å². The summed E-state index contributed by atoms with van der Waals surface area (Å²) in [6.07, 6.45) is 1.54. The molecule has 0 aliphatic carbocycles. The Kier molecular flexibility index (Phi) is 5.32. The molecular formula is C27H21N3O3. The molecule has 162 valence electrons. The van der Waals surface area contributed by atoms with Crippen LogP contribution in [0.3, 0.4) is 0 Å². The average Bonchev–Trinajstić information content (AvgIpc) is 3.13. The molecule has 1 aliphatic heterocycles. The quantitative estimate of drug-likeness (QED) is 0.350. The molecule has 1 heterocycles. The first kappa shape index (κ1) is 20.5. The fraction of sp³-hybridized carbons (Fsp3) is 0.0741. The van der Waals surface area contributed by atoms with Crippen LogP contribution in [0.1, 0.15) is 31.8 Å². The number of amides is 2. The van der Waals surface area contributed by atoms with Crippen LogP contribution >= 0.6 is 0 Å². The molecule has 0 spiro atoms. The summed E-state index contributed by atoms with van der Waals surface area (Å²) >= 11 is 0. The summed E-state index contributed by atoms with van der Waals surface area (Å²) in [6, 6.07) is 26.3. The predicted octanol–water partition coefficient (Wildman–Crippen LogP) is 4.77. The Hall–Kier alpha value is -4.45. The lowest BCUT2D eigenvalue weighted by molar-refractivity contribution is 0.0953. The van der Waals surface area contributed by atoms with Crippen LogP contribution in [-0.4, -0.2) is 25.1 Å². The lowest BCUT2D eigenvalue weighted by Crippen LogP contribution is -2.26. The number of rotatable bonds is 6. The van der Waals surface area contributed by atoms with Gasteiger partial charge in [0.1, 0.15) is 5.75 Å². The number of anilines is 1. The monoisotopic (exact) mass is 435 g/mol. The van der Waals surface area contributed by atoms with Crippen LogP contribution in [0.2, 0.25) is 0 Å². The minimum Gasteiger partial charge on any atom is -0.496 e. The van der Waals surface area contributed by atoms with E-state index < -0.39 is 0 Å². The summed E-state index contributed by atoms with van der Waals surface area (Å²) in [4.78, 5) is 27.2. The maximum Gasteiger partial charge on any atom is 0.271 e. The maximum atomic E-state index is 13.0. The lowest BCUT2D eigenvalue weighted by atomic mass is 10.1. The normalized spacial score (nSPS) is 12.5. The number of nitrogens with zero attached hydrogens (tertiary/aromatic N) is 2. The SMILES string of the molecule is COc1ccccc1C=NNC(=O)c1ccc(CN2C(=O)c3cccc4cccc2c34)cc1. The Morgan fingerprint density at radius 1 is 0.970 bits per heavy atom. The third-order valence-electron chi connectivity index (χ3n) is 5.71. The van der Waals surface area contributed by atoms with Crippen molar-refractivity contribution in [2.75, 3.05) is 12.0 Å². The van der Waals surface area contributed by atoms with Crippen LogP contribution in [0.25, 0.3) is 10.8 Å². The van der Waals surface area contributed by atoms with Crippen molar-refractivity contribution < 1.29 is 14.3 Å². The van der Waals surface area contributed by atoms with Gasteiger partial charge in [-0.2, -0.15) is 5.10 Å². The zero-order valence-corrected chi connectivity index (χ0v) is 18.0. The number of para-hydroxylation sites is 1. The molecule has 1 N–H and O–H groups in total. The van der Waals surface area contributed by atoms with E-state index in [0.717, 1.165) is 33.2 Å². The van der Waals surface area contributed by atoms with E-state index in [1.165, 1.54) is 0 Å². The van der Waals surface area contributed by atoms with E-state index in [4.69, 9.17) is 4.74 Å². The first-order chi connectivity index (χ1) is 16.2. The molecule has 0 fully saturated rings. The van der Waals surface area contributed by atoms with E-state index in [2.05, 4.69) is 10.5 Å². The van der Waals surface area contributed by atoms with Gasteiger partial charge in [-0.1, -0.05) is 48.5 Å². The van der Waals surface area contributed by atoms with Crippen LogP contribution in [0.4, 0.5) is 5.69 Å². The summed E-state index contributed by atoms with van der Waals surface area (Å²) in [5.41, 5.74) is 6.36. The number of hydrogen-bond acceptors (Lipinski definition) is 4. The van der Waals surface area contributed by atoms with Gasteiger partial charge in [0.2, 0.25) is 0 Å². The predicted molar refractivity (Wildman–Crippen MR) is 129 cm³/mol. The third-order valence-corrected chi connectivity index (χ3v) is 5.71. The van der Waals surface area contributed by atoms with E-state index in [1.54, 1.807) is 30.4 Å². The molecule has 0 radical (unpaired) electrons. The molecule has 1 aliphatic rings. The second-order valence-corrected chi connectivity index (χ2v) is 7.71. The van der Waals surface area contributed by atoms with Gasteiger partial charge in [0, 0.05) is 22.1 Å². The number of benzene rings is 4. The smallest absolute Gasteiger partial charge is 0.271 e. The number of carbonyl (C=O) groups excluding carboxylic acids is 2. The molecule has 0 unspecified atom stereocenters. The molecule has 4 aromatic rings. The topological polar surface area (TPSA) is 71.0 Å². The van der Waals surface area contributed by atoms with Crippen LogP contribution < -0.4 is 15.1 Å². The number of hydrogen-bond donors (Lipinski definition) is 1. The fourth-order valence-electron chi connectivity index (χ4n) is 4.08. The number of hydrazone groups is 1. The number of nitrogens with one attached hydrogen (secondary N) is 1. The molecular weight excluding hydrogens is 414 g/mol. The van der Waals surface area contributed by atoms with Gasteiger partial charge in [0.15, 0.2) is 0 Å². The highest BCUT2D eigenvalue weighted by Crippen LogP contribution is 2.37.